The first-order valence-corrected chi connectivity index (χ1v) is 7.62. The molecule has 1 aromatic carbocycles. The first-order valence-electron chi connectivity index (χ1n) is 7.62. The van der Waals surface area contributed by atoms with Crippen LogP contribution in [0.15, 0.2) is 35.5 Å². The van der Waals surface area contributed by atoms with Gasteiger partial charge in [-0.05, 0) is 57.9 Å². The molecule has 0 amide bonds. The van der Waals surface area contributed by atoms with Gasteiger partial charge in [-0.3, -0.25) is 4.99 Å². The maximum Gasteiger partial charge on any atom is 0.0527 e. The van der Waals surface area contributed by atoms with Crippen molar-refractivity contribution in [1.29, 1.82) is 0 Å². The van der Waals surface area contributed by atoms with Crippen LogP contribution in [0.25, 0.3) is 10.9 Å². The molecule has 2 nitrogen and oxygen atoms in total. The van der Waals surface area contributed by atoms with Crippen molar-refractivity contribution in [3.05, 3.63) is 36.0 Å². The quantitative estimate of drug-likeness (QED) is 0.692. The van der Waals surface area contributed by atoms with E-state index in [0.717, 1.165) is 19.4 Å². The number of benzene rings is 1. The highest BCUT2D eigenvalue weighted by atomic mass is 14.9. The van der Waals surface area contributed by atoms with Crippen LogP contribution in [0.1, 0.15) is 53.0 Å². The molecule has 2 heteroatoms. The molecule has 0 bridgehead atoms. The van der Waals surface area contributed by atoms with Crippen molar-refractivity contribution in [2.75, 3.05) is 0 Å². The van der Waals surface area contributed by atoms with Crippen molar-refractivity contribution < 1.29 is 0 Å². The molecule has 0 aliphatic heterocycles. The Balaban J connectivity index is 2.46. The van der Waals surface area contributed by atoms with Gasteiger partial charge < -0.3 is 4.57 Å². The number of hydrogen-bond acceptors (Lipinski definition) is 1. The van der Waals surface area contributed by atoms with E-state index in [-0.39, 0.29) is 5.54 Å². The predicted octanol–water partition coefficient (Wildman–Crippen LogP) is 5.05. The van der Waals surface area contributed by atoms with Crippen LogP contribution in [0.2, 0.25) is 0 Å². The number of rotatable bonds is 4. The Labute approximate surface area is 122 Å². The third-order valence-corrected chi connectivity index (χ3v) is 3.40. The van der Waals surface area contributed by atoms with Crippen molar-refractivity contribution in [2.24, 2.45) is 4.99 Å². The number of aryl methyl sites for hydroxylation is 1. The van der Waals surface area contributed by atoms with Gasteiger partial charge in [-0.25, -0.2) is 0 Å². The summed E-state index contributed by atoms with van der Waals surface area (Å²) in [6.07, 6.45) is 4.33. The second kappa shape index (κ2) is 5.82. The molecule has 1 aromatic heterocycles. The lowest BCUT2D eigenvalue weighted by molar-refractivity contribution is 0.581. The minimum atomic E-state index is -0.0190. The molecule has 1 heterocycles. The molecule has 0 spiro atoms. The largest absolute Gasteiger partial charge is 0.348 e. The molecule has 0 radical (unpaired) electrons. The molecule has 0 saturated carbocycles. The lowest BCUT2D eigenvalue weighted by atomic mass is 10.0. The molecule has 2 aromatic rings. The standard InChI is InChI=1S/C18H26N2/c1-6-8-16(19-18(3,4)5)14-9-10-17-15(13-14)11-12-20(17)7-2/h9-13H,6-8H2,1-5H3/b19-16-. The first-order chi connectivity index (χ1) is 9.44. The van der Waals surface area contributed by atoms with Crippen LogP contribution in [0.5, 0.6) is 0 Å². The molecule has 0 unspecified atom stereocenters. The molecular weight excluding hydrogens is 244 g/mol. The van der Waals surface area contributed by atoms with Crippen molar-refractivity contribution in [1.82, 2.24) is 4.57 Å². The second-order valence-electron chi connectivity index (χ2n) is 6.35. The third-order valence-electron chi connectivity index (χ3n) is 3.40. The van der Waals surface area contributed by atoms with E-state index in [1.165, 1.54) is 22.2 Å². The molecule has 108 valence electrons. The van der Waals surface area contributed by atoms with Gasteiger partial charge in [-0.2, -0.15) is 0 Å². The maximum atomic E-state index is 4.91. The first kappa shape index (κ1) is 14.8. The molecule has 0 fully saturated rings. The predicted molar refractivity (Wildman–Crippen MR) is 88.8 cm³/mol. The van der Waals surface area contributed by atoms with Crippen LogP contribution in [-0.2, 0) is 6.54 Å². The third kappa shape index (κ3) is 3.30. The highest BCUT2D eigenvalue weighted by Gasteiger charge is 2.12. The fourth-order valence-electron chi connectivity index (χ4n) is 2.56. The SMILES string of the molecule is CCC/C(=N/C(C)(C)C)c1ccc2c(ccn2CC)c1. The van der Waals surface area contributed by atoms with Gasteiger partial charge in [0.05, 0.1) is 5.54 Å². The minimum Gasteiger partial charge on any atom is -0.348 e. The number of hydrogen-bond donors (Lipinski definition) is 0. The van der Waals surface area contributed by atoms with Gasteiger partial charge in [0.2, 0.25) is 0 Å². The van der Waals surface area contributed by atoms with Crippen LogP contribution >= 0.6 is 0 Å². The van der Waals surface area contributed by atoms with Gasteiger partial charge in [0.25, 0.3) is 0 Å². The summed E-state index contributed by atoms with van der Waals surface area (Å²) in [5.74, 6) is 0. The van der Waals surface area contributed by atoms with Crippen LogP contribution in [0, 0.1) is 0 Å². The average Bonchev–Trinajstić information content (AvgIpc) is 2.78. The highest BCUT2D eigenvalue weighted by Crippen LogP contribution is 2.21. The van der Waals surface area contributed by atoms with Crippen molar-refractivity contribution in [3.63, 3.8) is 0 Å². The molecule has 0 N–H and O–H groups in total. The van der Waals surface area contributed by atoms with Gasteiger partial charge in [-0.15, -0.1) is 0 Å². The molecule has 0 saturated heterocycles. The maximum absolute atomic E-state index is 4.91. The molecule has 0 atom stereocenters. The summed E-state index contributed by atoms with van der Waals surface area (Å²) in [7, 11) is 0. The highest BCUT2D eigenvalue weighted by molar-refractivity contribution is 6.03. The molecular formula is C18H26N2. The summed E-state index contributed by atoms with van der Waals surface area (Å²) in [6, 6.07) is 8.92. The van der Waals surface area contributed by atoms with Crippen molar-refractivity contribution in [3.8, 4) is 0 Å². The van der Waals surface area contributed by atoms with Crippen LogP contribution in [0.4, 0.5) is 0 Å². The summed E-state index contributed by atoms with van der Waals surface area (Å²) >= 11 is 0. The topological polar surface area (TPSA) is 17.3 Å². The summed E-state index contributed by atoms with van der Waals surface area (Å²) in [5.41, 5.74) is 3.78. The van der Waals surface area contributed by atoms with E-state index < -0.39 is 0 Å². The van der Waals surface area contributed by atoms with Crippen LogP contribution in [0.3, 0.4) is 0 Å². The molecule has 0 aliphatic rings. The van der Waals surface area contributed by atoms with E-state index in [1.807, 2.05) is 0 Å². The van der Waals surface area contributed by atoms with E-state index in [0.29, 0.717) is 0 Å². The second-order valence-corrected chi connectivity index (χ2v) is 6.35. The van der Waals surface area contributed by atoms with E-state index in [9.17, 15) is 0 Å². The van der Waals surface area contributed by atoms with Gasteiger partial charge in [0.1, 0.15) is 0 Å². The lowest BCUT2D eigenvalue weighted by Gasteiger charge is -2.16. The number of nitrogens with zero attached hydrogens (tertiary/aromatic N) is 2. The normalized spacial score (nSPS) is 13.2. The van der Waals surface area contributed by atoms with E-state index in [2.05, 4.69) is 69.6 Å². The Bertz CT molecular complexity index is 612. The van der Waals surface area contributed by atoms with Gasteiger partial charge >= 0.3 is 0 Å². The Morgan fingerprint density at radius 1 is 1.15 bits per heavy atom. The summed E-state index contributed by atoms with van der Waals surface area (Å²) in [6.45, 7) is 11.9. The van der Waals surface area contributed by atoms with E-state index in [4.69, 9.17) is 4.99 Å². The van der Waals surface area contributed by atoms with Gasteiger partial charge in [0, 0.05) is 29.4 Å². The van der Waals surface area contributed by atoms with Gasteiger partial charge in [0.15, 0.2) is 0 Å². The molecule has 2 rings (SSSR count). The monoisotopic (exact) mass is 270 g/mol. The van der Waals surface area contributed by atoms with Crippen LogP contribution < -0.4 is 0 Å². The number of aromatic nitrogens is 1. The van der Waals surface area contributed by atoms with Crippen molar-refractivity contribution in [2.45, 2.75) is 59.5 Å². The molecule has 20 heavy (non-hydrogen) atoms. The Morgan fingerprint density at radius 3 is 2.50 bits per heavy atom. The zero-order valence-electron chi connectivity index (χ0n) is 13.4. The minimum absolute atomic E-state index is 0.0190. The Morgan fingerprint density at radius 2 is 1.90 bits per heavy atom. The average molecular weight is 270 g/mol. The number of aliphatic imine (C=N–C) groups is 1. The zero-order valence-corrected chi connectivity index (χ0v) is 13.4. The lowest BCUT2D eigenvalue weighted by Crippen LogP contribution is -2.15. The summed E-state index contributed by atoms with van der Waals surface area (Å²) in [5, 5.41) is 1.31. The van der Waals surface area contributed by atoms with E-state index in [1.54, 1.807) is 0 Å². The van der Waals surface area contributed by atoms with Crippen LogP contribution in [-0.4, -0.2) is 15.8 Å². The smallest absolute Gasteiger partial charge is 0.0527 e. The van der Waals surface area contributed by atoms with Gasteiger partial charge in [-0.1, -0.05) is 19.4 Å². The zero-order chi connectivity index (χ0) is 14.8. The number of fused-ring (bicyclic) bond motifs is 1. The van der Waals surface area contributed by atoms with E-state index >= 15 is 0 Å². The molecule has 0 aliphatic carbocycles. The van der Waals surface area contributed by atoms with Crippen molar-refractivity contribution >= 4 is 16.6 Å². The summed E-state index contributed by atoms with van der Waals surface area (Å²) in [4.78, 5) is 4.91. The Hall–Kier alpha value is -1.57. The Kier molecular flexibility index (Phi) is 4.32. The fraction of sp³-hybridized carbons (Fsp3) is 0.500. The summed E-state index contributed by atoms with van der Waals surface area (Å²) < 4.78 is 2.28. The fourth-order valence-corrected chi connectivity index (χ4v) is 2.56.